The van der Waals surface area contributed by atoms with Crippen molar-refractivity contribution in [1.29, 1.82) is 0 Å². The summed E-state index contributed by atoms with van der Waals surface area (Å²) in [6.07, 6.45) is 3.87. The van der Waals surface area contributed by atoms with Gasteiger partial charge in [0.15, 0.2) is 5.60 Å². The third-order valence-electron chi connectivity index (χ3n) is 3.76. The van der Waals surface area contributed by atoms with Gasteiger partial charge in [-0.3, -0.25) is 0 Å². The number of hydrogen-bond donors (Lipinski definition) is 1. The summed E-state index contributed by atoms with van der Waals surface area (Å²) >= 11 is 0. The van der Waals surface area contributed by atoms with E-state index in [-0.39, 0.29) is 17.1 Å². The zero-order valence-corrected chi connectivity index (χ0v) is 13.4. The Bertz CT molecular complexity index is 415. The molecule has 0 saturated heterocycles. The van der Waals surface area contributed by atoms with Crippen molar-refractivity contribution in [1.82, 2.24) is 0 Å². The van der Waals surface area contributed by atoms with Gasteiger partial charge in [0.2, 0.25) is 0 Å². The smallest absolute Gasteiger partial charge is 0.151 e. The van der Waals surface area contributed by atoms with Crippen LogP contribution in [-0.4, -0.2) is 22.4 Å². The number of aliphatic hydroxyl groups is 1. The van der Waals surface area contributed by atoms with Gasteiger partial charge in [-0.1, -0.05) is 31.8 Å². The Hall–Kier alpha value is -0.780. The first kappa shape index (κ1) is 16.3. The number of rotatable bonds is 1. The summed E-state index contributed by atoms with van der Waals surface area (Å²) in [6.45, 7) is 14.1. The zero-order chi connectivity index (χ0) is 14.9. The van der Waals surface area contributed by atoms with Gasteiger partial charge in [0.25, 0.3) is 0 Å². The average molecular weight is 264 g/mol. The first-order valence-corrected chi connectivity index (χ1v) is 7.08. The van der Waals surface area contributed by atoms with Crippen LogP contribution < -0.4 is 0 Å². The summed E-state index contributed by atoms with van der Waals surface area (Å²) in [6, 6.07) is 0. The molecular formula is C17H28O2. The van der Waals surface area contributed by atoms with E-state index in [2.05, 4.69) is 31.8 Å². The zero-order valence-electron chi connectivity index (χ0n) is 13.4. The molecule has 2 atom stereocenters. The van der Waals surface area contributed by atoms with E-state index in [4.69, 9.17) is 4.74 Å². The molecule has 0 radical (unpaired) electrons. The van der Waals surface area contributed by atoms with E-state index in [1.807, 2.05) is 34.6 Å². The van der Waals surface area contributed by atoms with Crippen LogP contribution in [0.2, 0.25) is 0 Å². The Morgan fingerprint density at radius 1 is 1.37 bits per heavy atom. The van der Waals surface area contributed by atoms with E-state index in [0.717, 1.165) is 18.4 Å². The van der Waals surface area contributed by atoms with E-state index in [1.54, 1.807) is 0 Å². The summed E-state index contributed by atoms with van der Waals surface area (Å²) in [7, 11) is 0. The molecule has 2 nitrogen and oxygen atoms in total. The lowest BCUT2D eigenvalue weighted by atomic mass is 9.65. The molecule has 0 heterocycles. The SMILES string of the molecule is CC1=CCCC(C)(C)C1(O)C#CC(C)OC(C)(C)C. The molecule has 0 spiro atoms. The molecule has 1 aliphatic rings. The Morgan fingerprint density at radius 2 is 1.95 bits per heavy atom. The molecule has 0 aliphatic heterocycles. The van der Waals surface area contributed by atoms with Crippen molar-refractivity contribution in [2.75, 3.05) is 0 Å². The molecule has 2 unspecified atom stereocenters. The largest absolute Gasteiger partial charge is 0.373 e. The number of allylic oxidation sites excluding steroid dienone is 1. The Morgan fingerprint density at radius 3 is 2.42 bits per heavy atom. The van der Waals surface area contributed by atoms with Crippen molar-refractivity contribution in [3.05, 3.63) is 11.6 Å². The molecular weight excluding hydrogens is 236 g/mol. The van der Waals surface area contributed by atoms with E-state index >= 15 is 0 Å². The van der Waals surface area contributed by atoms with Crippen LogP contribution in [0.15, 0.2) is 11.6 Å². The van der Waals surface area contributed by atoms with Crippen molar-refractivity contribution in [2.45, 2.75) is 78.6 Å². The third kappa shape index (κ3) is 3.84. The molecule has 0 aromatic rings. The minimum atomic E-state index is -1.04. The summed E-state index contributed by atoms with van der Waals surface area (Å²) in [5.74, 6) is 6.14. The molecule has 0 fully saturated rings. The second-order valence-electron chi connectivity index (χ2n) is 7.16. The first-order valence-electron chi connectivity index (χ1n) is 7.08. The van der Waals surface area contributed by atoms with Gasteiger partial charge in [0.05, 0.1) is 5.60 Å². The van der Waals surface area contributed by atoms with Crippen LogP contribution >= 0.6 is 0 Å². The van der Waals surface area contributed by atoms with E-state index in [0.29, 0.717) is 0 Å². The molecule has 19 heavy (non-hydrogen) atoms. The highest BCUT2D eigenvalue weighted by Gasteiger charge is 2.45. The second-order valence-corrected chi connectivity index (χ2v) is 7.16. The fourth-order valence-corrected chi connectivity index (χ4v) is 2.55. The molecule has 0 aromatic heterocycles. The minimum absolute atomic E-state index is 0.186. The van der Waals surface area contributed by atoms with E-state index < -0.39 is 5.60 Å². The van der Waals surface area contributed by atoms with Crippen molar-refractivity contribution >= 4 is 0 Å². The predicted molar refractivity (Wildman–Crippen MR) is 79.8 cm³/mol. The lowest BCUT2D eigenvalue weighted by Gasteiger charge is -2.43. The second kappa shape index (κ2) is 5.31. The maximum absolute atomic E-state index is 10.9. The highest BCUT2D eigenvalue weighted by Crippen LogP contribution is 2.43. The van der Waals surface area contributed by atoms with Gasteiger partial charge in [-0.25, -0.2) is 0 Å². The molecule has 1 rings (SSSR count). The maximum atomic E-state index is 10.9. The molecule has 0 amide bonds. The molecule has 1 aliphatic carbocycles. The quantitative estimate of drug-likeness (QED) is 0.578. The summed E-state index contributed by atoms with van der Waals surface area (Å²) < 4.78 is 5.77. The molecule has 108 valence electrons. The lowest BCUT2D eigenvalue weighted by molar-refractivity contribution is -0.0271. The van der Waals surface area contributed by atoms with E-state index in [1.165, 1.54) is 0 Å². The molecule has 1 N–H and O–H groups in total. The Kier molecular flexibility index (Phi) is 4.55. The van der Waals surface area contributed by atoms with Crippen LogP contribution in [0, 0.1) is 17.3 Å². The summed E-state index contributed by atoms with van der Waals surface area (Å²) in [4.78, 5) is 0. The van der Waals surface area contributed by atoms with Gasteiger partial charge >= 0.3 is 0 Å². The maximum Gasteiger partial charge on any atom is 0.151 e. The van der Waals surface area contributed by atoms with Crippen LogP contribution in [0.4, 0.5) is 0 Å². The standard InChI is InChI=1S/C17H28O2/c1-13-9-8-11-16(6,7)17(13,18)12-10-14(2)19-15(3,4)5/h9,14,18H,8,11H2,1-7H3. The first-order chi connectivity index (χ1) is 8.48. The Labute approximate surface area is 118 Å². The van der Waals surface area contributed by atoms with Crippen LogP contribution in [0.3, 0.4) is 0 Å². The van der Waals surface area contributed by atoms with Crippen molar-refractivity contribution in [2.24, 2.45) is 5.41 Å². The minimum Gasteiger partial charge on any atom is -0.373 e. The number of ether oxygens (including phenoxy) is 1. The fourth-order valence-electron chi connectivity index (χ4n) is 2.55. The van der Waals surface area contributed by atoms with Gasteiger partial charge in [-0.2, -0.15) is 0 Å². The topological polar surface area (TPSA) is 29.5 Å². The highest BCUT2D eigenvalue weighted by atomic mass is 16.5. The monoisotopic (exact) mass is 264 g/mol. The van der Waals surface area contributed by atoms with Crippen molar-refractivity contribution in [3.8, 4) is 11.8 Å². The summed E-state index contributed by atoms with van der Waals surface area (Å²) in [5, 5.41) is 10.9. The van der Waals surface area contributed by atoms with Crippen molar-refractivity contribution in [3.63, 3.8) is 0 Å². The van der Waals surface area contributed by atoms with Crippen LogP contribution in [0.1, 0.15) is 61.3 Å². The van der Waals surface area contributed by atoms with Crippen LogP contribution in [0.25, 0.3) is 0 Å². The predicted octanol–water partition coefficient (Wildman–Crippen LogP) is 3.69. The van der Waals surface area contributed by atoms with E-state index in [9.17, 15) is 5.11 Å². The average Bonchev–Trinajstić information content (AvgIpc) is 2.21. The summed E-state index contributed by atoms with van der Waals surface area (Å²) in [5.41, 5.74) is -0.524. The third-order valence-corrected chi connectivity index (χ3v) is 3.76. The highest BCUT2D eigenvalue weighted by molar-refractivity contribution is 5.36. The van der Waals surface area contributed by atoms with Crippen LogP contribution in [0.5, 0.6) is 0 Å². The molecule has 0 bridgehead atoms. The van der Waals surface area contributed by atoms with Crippen LogP contribution in [-0.2, 0) is 4.74 Å². The van der Waals surface area contributed by atoms with Gasteiger partial charge in [0.1, 0.15) is 6.10 Å². The lowest BCUT2D eigenvalue weighted by Crippen LogP contribution is -2.46. The normalized spacial score (nSPS) is 28.1. The van der Waals surface area contributed by atoms with Gasteiger partial charge in [0, 0.05) is 5.41 Å². The molecule has 0 saturated carbocycles. The van der Waals surface area contributed by atoms with Crippen molar-refractivity contribution < 1.29 is 9.84 Å². The Balaban J connectivity index is 2.96. The molecule has 2 heteroatoms. The van der Waals surface area contributed by atoms with Gasteiger partial charge < -0.3 is 9.84 Å². The fraction of sp³-hybridized carbons (Fsp3) is 0.765. The van der Waals surface area contributed by atoms with Gasteiger partial charge in [-0.05, 0) is 53.0 Å². The molecule has 0 aromatic carbocycles. The van der Waals surface area contributed by atoms with Gasteiger partial charge in [-0.15, -0.1) is 0 Å². The number of hydrogen-bond acceptors (Lipinski definition) is 2.